The maximum atomic E-state index is 13.7. The van der Waals surface area contributed by atoms with E-state index >= 15 is 0 Å². The van der Waals surface area contributed by atoms with E-state index in [1.54, 1.807) is 6.92 Å². The molecule has 1 unspecified atom stereocenters. The zero-order valence-electron chi connectivity index (χ0n) is 16.5. The molecule has 1 saturated heterocycles. The lowest BCUT2D eigenvalue weighted by atomic mass is 10.1. The van der Waals surface area contributed by atoms with Gasteiger partial charge in [-0.25, -0.2) is 8.78 Å². The van der Waals surface area contributed by atoms with E-state index in [1.165, 1.54) is 18.2 Å². The van der Waals surface area contributed by atoms with Gasteiger partial charge < -0.3 is 20.5 Å². The van der Waals surface area contributed by atoms with Crippen molar-refractivity contribution in [2.24, 2.45) is 4.99 Å². The molecule has 160 valence electrons. The van der Waals surface area contributed by atoms with Crippen LogP contribution < -0.4 is 10.6 Å². The van der Waals surface area contributed by atoms with Gasteiger partial charge in [-0.1, -0.05) is 6.07 Å². The highest BCUT2D eigenvalue weighted by molar-refractivity contribution is 14.0. The van der Waals surface area contributed by atoms with Crippen LogP contribution in [0.15, 0.2) is 23.2 Å². The topological polar surface area (TPSA) is 69.1 Å². The summed E-state index contributed by atoms with van der Waals surface area (Å²) in [4.78, 5) is 6.58. The van der Waals surface area contributed by atoms with E-state index < -0.39 is 17.2 Å². The Morgan fingerprint density at radius 1 is 1.25 bits per heavy atom. The third-order valence-corrected chi connectivity index (χ3v) is 4.32. The quantitative estimate of drug-likeness (QED) is 0.282. The minimum Gasteiger partial charge on any atom is -0.387 e. The summed E-state index contributed by atoms with van der Waals surface area (Å²) in [6, 6.07) is 3.85. The van der Waals surface area contributed by atoms with Crippen molar-refractivity contribution >= 4 is 29.9 Å². The molecule has 1 fully saturated rings. The van der Waals surface area contributed by atoms with Crippen LogP contribution in [-0.4, -0.2) is 74.0 Å². The largest absolute Gasteiger partial charge is 0.387 e. The molecule has 6 nitrogen and oxygen atoms in total. The zero-order valence-corrected chi connectivity index (χ0v) is 18.8. The van der Waals surface area contributed by atoms with Gasteiger partial charge in [0.1, 0.15) is 11.6 Å². The Morgan fingerprint density at radius 3 is 2.50 bits per heavy atom. The standard InChI is InChI=1S/C19H30F2N4O2.HI/c1-3-22-18(23-8-7-15-16(20)5-4-6-17(15)21)24-13-19(2,26)14-25-9-11-27-12-10-25;/h4-6,26H,3,7-14H2,1-2H3,(H2,22,23,24);1H. The molecule has 2 rings (SSSR count). The second kappa shape index (κ2) is 12.5. The lowest BCUT2D eigenvalue weighted by Gasteiger charge is -2.33. The first-order valence-corrected chi connectivity index (χ1v) is 9.39. The molecule has 0 spiro atoms. The third-order valence-electron chi connectivity index (χ3n) is 4.32. The van der Waals surface area contributed by atoms with E-state index in [-0.39, 0.29) is 42.5 Å². The highest BCUT2D eigenvalue weighted by atomic mass is 127. The monoisotopic (exact) mass is 512 g/mol. The van der Waals surface area contributed by atoms with Crippen molar-refractivity contribution in [3.8, 4) is 0 Å². The van der Waals surface area contributed by atoms with Gasteiger partial charge in [0, 0.05) is 38.3 Å². The minimum absolute atomic E-state index is 0. The molecule has 28 heavy (non-hydrogen) atoms. The minimum atomic E-state index is -0.975. The van der Waals surface area contributed by atoms with Crippen LogP contribution in [0.2, 0.25) is 0 Å². The van der Waals surface area contributed by atoms with Crippen molar-refractivity contribution in [1.82, 2.24) is 15.5 Å². The maximum absolute atomic E-state index is 13.7. The Kier molecular flexibility index (Phi) is 11.2. The number of hydrogen-bond acceptors (Lipinski definition) is 4. The maximum Gasteiger partial charge on any atom is 0.191 e. The summed E-state index contributed by atoms with van der Waals surface area (Å²) in [5.41, 5.74) is -0.919. The number of nitrogens with zero attached hydrogens (tertiary/aromatic N) is 2. The van der Waals surface area contributed by atoms with E-state index in [9.17, 15) is 13.9 Å². The number of rotatable bonds is 8. The summed E-state index contributed by atoms with van der Waals surface area (Å²) >= 11 is 0. The van der Waals surface area contributed by atoms with Crippen molar-refractivity contribution in [3.63, 3.8) is 0 Å². The van der Waals surface area contributed by atoms with Gasteiger partial charge in [0.25, 0.3) is 0 Å². The smallest absolute Gasteiger partial charge is 0.191 e. The van der Waals surface area contributed by atoms with Crippen LogP contribution in [0.25, 0.3) is 0 Å². The van der Waals surface area contributed by atoms with Gasteiger partial charge in [-0.2, -0.15) is 0 Å². The predicted molar refractivity (Wildman–Crippen MR) is 117 cm³/mol. The first-order valence-electron chi connectivity index (χ1n) is 9.39. The molecule has 0 radical (unpaired) electrons. The Balaban J connectivity index is 0.00000392. The van der Waals surface area contributed by atoms with Crippen LogP contribution in [-0.2, 0) is 11.2 Å². The van der Waals surface area contributed by atoms with E-state index in [0.29, 0.717) is 38.8 Å². The van der Waals surface area contributed by atoms with Crippen LogP contribution in [0.1, 0.15) is 19.4 Å². The van der Waals surface area contributed by atoms with Crippen molar-refractivity contribution in [2.75, 3.05) is 52.5 Å². The number of aliphatic hydroxyl groups is 1. The second-order valence-corrected chi connectivity index (χ2v) is 6.96. The van der Waals surface area contributed by atoms with Gasteiger partial charge in [-0.05, 0) is 32.4 Å². The summed E-state index contributed by atoms with van der Waals surface area (Å²) < 4.78 is 32.7. The molecule has 1 aromatic rings. The number of nitrogens with one attached hydrogen (secondary N) is 2. The number of hydrogen-bond donors (Lipinski definition) is 3. The summed E-state index contributed by atoms with van der Waals surface area (Å²) in [5, 5.41) is 16.8. The molecule has 3 N–H and O–H groups in total. The average molecular weight is 512 g/mol. The Hall–Kier alpha value is -1.04. The van der Waals surface area contributed by atoms with E-state index in [1.807, 2.05) is 6.92 Å². The van der Waals surface area contributed by atoms with Gasteiger partial charge in [-0.3, -0.25) is 9.89 Å². The lowest BCUT2D eigenvalue weighted by molar-refractivity contribution is -0.0179. The first kappa shape index (κ1) is 25.0. The fourth-order valence-electron chi connectivity index (χ4n) is 2.96. The van der Waals surface area contributed by atoms with Crippen LogP contribution in [0, 0.1) is 11.6 Å². The number of β-amino-alcohol motifs (C(OH)–C–C–N with tert-alkyl or cyclic N) is 1. The molecular weight excluding hydrogens is 481 g/mol. The lowest BCUT2D eigenvalue weighted by Crippen LogP contribution is -2.48. The fraction of sp³-hybridized carbons (Fsp3) is 0.632. The van der Waals surface area contributed by atoms with Crippen molar-refractivity contribution < 1.29 is 18.6 Å². The molecule has 0 aromatic heterocycles. The molecule has 9 heteroatoms. The van der Waals surface area contributed by atoms with Crippen LogP contribution in [0.4, 0.5) is 8.78 Å². The van der Waals surface area contributed by atoms with Gasteiger partial charge >= 0.3 is 0 Å². The molecule has 0 aliphatic carbocycles. The molecule has 1 aliphatic rings. The van der Waals surface area contributed by atoms with Crippen LogP contribution in [0.3, 0.4) is 0 Å². The van der Waals surface area contributed by atoms with E-state index in [4.69, 9.17) is 4.74 Å². The normalized spacial score (nSPS) is 17.5. The van der Waals surface area contributed by atoms with Crippen LogP contribution >= 0.6 is 24.0 Å². The number of benzene rings is 1. The van der Waals surface area contributed by atoms with Crippen molar-refractivity contribution in [2.45, 2.75) is 25.9 Å². The third kappa shape index (κ3) is 8.54. The molecule has 1 aromatic carbocycles. The van der Waals surface area contributed by atoms with Crippen LogP contribution in [0.5, 0.6) is 0 Å². The molecule has 0 bridgehead atoms. The van der Waals surface area contributed by atoms with Gasteiger partial charge in [0.05, 0.1) is 25.4 Å². The van der Waals surface area contributed by atoms with E-state index in [0.717, 1.165) is 13.1 Å². The Labute approximate surface area is 182 Å². The number of ether oxygens (including phenoxy) is 1. The number of aliphatic imine (C=N–C) groups is 1. The number of morpholine rings is 1. The molecular formula is C19H31F2IN4O2. The molecule has 1 aliphatic heterocycles. The van der Waals surface area contributed by atoms with E-state index in [2.05, 4.69) is 20.5 Å². The number of guanidine groups is 1. The summed E-state index contributed by atoms with van der Waals surface area (Å²) in [5.74, 6) is -0.587. The van der Waals surface area contributed by atoms with Gasteiger partial charge in [0.2, 0.25) is 0 Å². The Morgan fingerprint density at radius 2 is 1.89 bits per heavy atom. The molecule has 0 amide bonds. The fourth-order valence-corrected chi connectivity index (χ4v) is 2.96. The molecule has 0 saturated carbocycles. The average Bonchev–Trinajstić information content (AvgIpc) is 2.62. The van der Waals surface area contributed by atoms with Crippen molar-refractivity contribution in [3.05, 3.63) is 35.4 Å². The summed E-state index contributed by atoms with van der Waals surface area (Å²) in [6.07, 6.45) is 0.201. The van der Waals surface area contributed by atoms with Crippen molar-refractivity contribution in [1.29, 1.82) is 0 Å². The highest BCUT2D eigenvalue weighted by Gasteiger charge is 2.25. The highest BCUT2D eigenvalue weighted by Crippen LogP contribution is 2.12. The van der Waals surface area contributed by atoms with Gasteiger partial charge in [-0.15, -0.1) is 24.0 Å². The van der Waals surface area contributed by atoms with Gasteiger partial charge in [0.15, 0.2) is 5.96 Å². The zero-order chi connectivity index (χ0) is 19.7. The SMILES string of the molecule is CCNC(=NCC(C)(O)CN1CCOCC1)NCCc1c(F)cccc1F.I. The molecule has 1 atom stereocenters. The first-order chi connectivity index (χ1) is 12.9. The second-order valence-electron chi connectivity index (χ2n) is 6.96. The Bertz CT molecular complexity index is 606. The molecule has 1 heterocycles. The number of halogens is 3. The summed E-state index contributed by atoms with van der Waals surface area (Å²) in [7, 11) is 0. The predicted octanol–water partition coefficient (Wildman–Crippen LogP) is 1.76. The summed E-state index contributed by atoms with van der Waals surface area (Å²) in [6.45, 7) is 8.34.